The van der Waals surface area contributed by atoms with E-state index >= 15 is 0 Å². The van der Waals surface area contributed by atoms with Gasteiger partial charge in [-0.2, -0.15) is 0 Å². The van der Waals surface area contributed by atoms with Crippen LogP contribution < -0.4 is 0 Å². The molecule has 0 radical (unpaired) electrons. The summed E-state index contributed by atoms with van der Waals surface area (Å²) in [6.45, 7) is 9.87. The van der Waals surface area contributed by atoms with Crippen LogP contribution in [0, 0.1) is 5.92 Å². The van der Waals surface area contributed by atoms with Crippen LogP contribution in [0.15, 0.2) is 36.7 Å². The number of nitrogens with zero attached hydrogens (tertiary/aromatic N) is 1. The first kappa shape index (κ1) is 18.1. The molecule has 2 heteroatoms. The second-order valence-electron chi connectivity index (χ2n) is 4.88. The van der Waals surface area contributed by atoms with Crippen molar-refractivity contribution >= 4 is 0 Å². The molecule has 0 bridgehead atoms. The highest BCUT2D eigenvalue weighted by molar-refractivity contribution is 5.16. The van der Waals surface area contributed by atoms with Gasteiger partial charge in [-0.05, 0) is 57.5 Å². The maximum absolute atomic E-state index is 13.1. The van der Waals surface area contributed by atoms with Crippen LogP contribution >= 0.6 is 0 Å². The predicted molar refractivity (Wildman–Crippen MR) is 83.9 cm³/mol. The summed E-state index contributed by atoms with van der Waals surface area (Å²) in [7, 11) is 2.19. The maximum atomic E-state index is 13.1. The van der Waals surface area contributed by atoms with Gasteiger partial charge in [0, 0.05) is 0 Å². The van der Waals surface area contributed by atoms with E-state index in [1.54, 1.807) is 6.08 Å². The number of allylic oxidation sites excluding steroid dienone is 5. The normalized spacial score (nSPS) is 22.3. The summed E-state index contributed by atoms with van der Waals surface area (Å²) in [4.78, 5) is 2.40. The molecule has 110 valence electrons. The number of hydrogen-bond acceptors (Lipinski definition) is 1. The van der Waals surface area contributed by atoms with Crippen LogP contribution in [0.1, 0.15) is 46.0 Å². The Morgan fingerprint density at radius 3 is 2.68 bits per heavy atom. The highest BCUT2D eigenvalue weighted by Gasteiger charge is 2.11. The highest BCUT2D eigenvalue weighted by atomic mass is 19.1. The fourth-order valence-electron chi connectivity index (χ4n) is 2.25. The van der Waals surface area contributed by atoms with Gasteiger partial charge in [-0.3, -0.25) is 0 Å². The Kier molecular flexibility index (Phi) is 11.6. The van der Waals surface area contributed by atoms with E-state index in [0.29, 0.717) is 5.92 Å². The monoisotopic (exact) mass is 267 g/mol. The Hall–Kier alpha value is -0.890. The van der Waals surface area contributed by atoms with Crippen molar-refractivity contribution in [3.05, 3.63) is 36.7 Å². The van der Waals surface area contributed by atoms with Crippen LogP contribution in [0.5, 0.6) is 0 Å². The SMILES string of the molecule is C=C/C=C(F)\C=C/CC1CCCCN(C)CC1.CC. The van der Waals surface area contributed by atoms with Crippen molar-refractivity contribution in [1.82, 2.24) is 4.90 Å². The summed E-state index contributed by atoms with van der Waals surface area (Å²) >= 11 is 0. The minimum absolute atomic E-state index is 0.206. The van der Waals surface area contributed by atoms with Crippen molar-refractivity contribution in [2.24, 2.45) is 5.92 Å². The highest BCUT2D eigenvalue weighted by Crippen LogP contribution is 2.21. The van der Waals surface area contributed by atoms with Crippen molar-refractivity contribution in [3.8, 4) is 0 Å². The molecule has 1 saturated heterocycles. The zero-order chi connectivity index (χ0) is 14.5. The van der Waals surface area contributed by atoms with E-state index in [2.05, 4.69) is 18.5 Å². The molecule has 1 unspecified atom stereocenters. The molecule has 0 saturated carbocycles. The van der Waals surface area contributed by atoms with E-state index in [1.807, 2.05) is 19.9 Å². The number of hydrogen-bond donors (Lipinski definition) is 0. The van der Waals surface area contributed by atoms with Crippen molar-refractivity contribution in [1.29, 1.82) is 0 Å². The summed E-state index contributed by atoms with van der Waals surface area (Å²) < 4.78 is 13.1. The topological polar surface area (TPSA) is 3.24 Å². The average Bonchev–Trinajstić information content (AvgIpc) is 2.40. The molecule has 1 fully saturated rings. The predicted octanol–water partition coefficient (Wildman–Crippen LogP) is 5.12. The van der Waals surface area contributed by atoms with Gasteiger partial charge in [0.25, 0.3) is 0 Å². The van der Waals surface area contributed by atoms with Gasteiger partial charge < -0.3 is 4.90 Å². The van der Waals surface area contributed by atoms with E-state index in [9.17, 15) is 4.39 Å². The van der Waals surface area contributed by atoms with Crippen LogP contribution in [0.2, 0.25) is 0 Å². The Morgan fingerprint density at radius 1 is 1.26 bits per heavy atom. The molecule has 1 aliphatic rings. The van der Waals surface area contributed by atoms with E-state index in [4.69, 9.17) is 0 Å². The van der Waals surface area contributed by atoms with Gasteiger partial charge in [0.05, 0.1) is 0 Å². The molecule has 0 N–H and O–H groups in total. The third-order valence-corrected chi connectivity index (χ3v) is 3.34. The van der Waals surface area contributed by atoms with Gasteiger partial charge in [-0.1, -0.05) is 45.4 Å². The number of rotatable bonds is 4. The van der Waals surface area contributed by atoms with Gasteiger partial charge in [0.2, 0.25) is 0 Å². The summed E-state index contributed by atoms with van der Waals surface area (Å²) in [5, 5.41) is 0. The van der Waals surface area contributed by atoms with Gasteiger partial charge in [-0.25, -0.2) is 4.39 Å². The lowest BCUT2D eigenvalue weighted by molar-refractivity contribution is 0.258. The summed E-state index contributed by atoms with van der Waals surface area (Å²) in [5.41, 5.74) is 0. The minimum atomic E-state index is -0.206. The van der Waals surface area contributed by atoms with Crippen LogP contribution in [0.3, 0.4) is 0 Å². The van der Waals surface area contributed by atoms with Crippen molar-refractivity contribution in [2.45, 2.75) is 46.0 Å². The lowest BCUT2D eigenvalue weighted by Crippen LogP contribution is -2.25. The molecule has 1 atom stereocenters. The van der Waals surface area contributed by atoms with Gasteiger partial charge >= 0.3 is 0 Å². The molecule has 1 heterocycles. The van der Waals surface area contributed by atoms with Crippen molar-refractivity contribution in [2.75, 3.05) is 20.1 Å². The number of halogens is 1. The molecule has 1 rings (SSSR count). The molecule has 1 nitrogen and oxygen atoms in total. The summed E-state index contributed by atoms with van der Waals surface area (Å²) in [6, 6.07) is 0. The zero-order valence-corrected chi connectivity index (χ0v) is 12.9. The van der Waals surface area contributed by atoms with E-state index in [1.165, 1.54) is 50.9 Å². The molecule has 0 amide bonds. The summed E-state index contributed by atoms with van der Waals surface area (Å²) in [6.07, 6.45) is 12.5. The fraction of sp³-hybridized carbons (Fsp3) is 0.647. The van der Waals surface area contributed by atoms with Crippen molar-refractivity contribution in [3.63, 3.8) is 0 Å². The maximum Gasteiger partial charge on any atom is 0.122 e. The quantitative estimate of drug-likeness (QED) is 0.639. The van der Waals surface area contributed by atoms with Crippen LogP contribution in [0.25, 0.3) is 0 Å². The average molecular weight is 267 g/mol. The van der Waals surface area contributed by atoms with Crippen LogP contribution in [0.4, 0.5) is 4.39 Å². The molecule has 19 heavy (non-hydrogen) atoms. The van der Waals surface area contributed by atoms with Gasteiger partial charge in [0.15, 0.2) is 0 Å². The molecule has 0 spiro atoms. The first-order chi connectivity index (χ1) is 9.22. The summed E-state index contributed by atoms with van der Waals surface area (Å²) in [5.74, 6) is 0.508. The Balaban J connectivity index is 0.00000154. The molecular formula is C17H30FN. The first-order valence-electron chi connectivity index (χ1n) is 7.55. The zero-order valence-electron chi connectivity index (χ0n) is 12.9. The first-order valence-corrected chi connectivity index (χ1v) is 7.55. The smallest absolute Gasteiger partial charge is 0.122 e. The largest absolute Gasteiger partial charge is 0.306 e. The third kappa shape index (κ3) is 9.66. The van der Waals surface area contributed by atoms with E-state index < -0.39 is 0 Å². The standard InChI is InChI=1S/C15H24FN.C2H6/c1-3-7-15(16)10-6-9-14-8-4-5-12-17(2)13-11-14;1-2/h3,6-7,10,14H,1,4-5,8-9,11-13H2,2H3;1-2H3/b10-6-,15-7+;. The van der Waals surface area contributed by atoms with Crippen molar-refractivity contribution < 1.29 is 4.39 Å². The molecule has 0 aliphatic carbocycles. The Labute approximate surface area is 118 Å². The van der Waals surface area contributed by atoms with Gasteiger partial charge in [0.1, 0.15) is 5.83 Å². The minimum Gasteiger partial charge on any atom is -0.306 e. The lowest BCUT2D eigenvalue weighted by atomic mass is 9.93. The fourth-order valence-corrected chi connectivity index (χ4v) is 2.25. The molecular weight excluding hydrogens is 237 g/mol. The molecule has 0 aromatic rings. The second-order valence-corrected chi connectivity index (χ2v) is 4.88. The second kappa shape index (κ2) is 12.2. The molecule has 0 aromatic carbocycles. The third-order valence-electron chi connectivity index (χ3n) is 3.34. The lowest BCUT2D eigenvalue weighted by Gasteiger charge is -2.24. The Morgan fingerprint density at radius 2 is 2.00 bits per heavy atom. The molecule has 0 aromatic heterocycles. The van der Waals surface area contributed by atoms with E-state index in [-0.39, 0.29) is 5.83 Å². The van der Waals surface area contributed by atoms with Crippen LogP contribution in [-0.4, -0.2) is 25.0 Å². The van der Waals surface area contributed by atoms with Gasteiger partial charge in [-0.15, -0.1) is 0 Å². The molecule has 1 aliphatic heterocycles. The number of likely N-dealkylation sites (tertiary alicyclic amines) is 1. The van der Waals surface area contributed by atoms with Crippen LogP contribution in [-0.2, 0) is 0 Å². The van der Waals surface area contributed by atoms with E-state index in [0.717, 1.165) is 6.42 Å². The Bertz CT molecular complexity index is 281.